The molecule has 1 saturated heterocycles. The van der Waals surface area contributed by atoms with Crippen LogP contribution < -0.4 is 10.6 Å². The highest BCUT2D eigenvalue weighted by Gasteiger charge is 2.39. The Morgan fingerprint density at radius 1 is 1.58 bits per heavy atom. The molecule has 1 aliphatic rings. The SMILES string of the molecule is CCNc1snnc1CN1CCC(C)(C(=O)NC)C1. The van der Waals surface area contributed by atoms with Crippen LogP contribution >= 0.6 is 11.5 Å². The average molecular weight is 283 g/mol. The van der Waals surface area contributed by atoms with Crippen LogP contribution in [0.25, 0.3) is 0 Å². The summed E-state index contributed by atoms with van der Waals surface area (Å²) in [6.45, 7) is 7.40. The van der Waals surface area contributed by atoms with Crippen LogP contribution in [0.3, 0.4) is 0 Å². The lowest BCUT2D eigenvalue weighted by Crippen LogP contribution is -2.39. The molecule has 106 valence electrons. The molecule has 0 bridgehead atoms. The molecule has 1 fully saturated rings. The van der Waals surface area contributed by atoms with E-state index in [1.165, 1.54) is 11.5 Å². The summed E-state index contributed by atoms with van der Waals surface area (Å²) in [5, 5.41) is 11.2. The zero-order valence-electron chi connectivity index (χ0n) is 11.7. The van der Waals surface area contributed by atoms with Crippen molar-refractivity contribution in [2.24, 2.45) is 5.41 Å². The van der Waals surface area contributed by atoms with Gasteiger partial charge in [-0.15, -0.1) is 5.10 Å². The van der Waals surface area contributed by atoms with E-state index < -0.39 is 0 Å². The molecule has 2 N–H and O–H groups in total. The number of likely N-dealkylation sites (tertiary alicyclic amines) is 1. The van der Waals surface area contributed by atoms with E-state index in [-0.39, 0.29) is 11.3 Å². The number of carbonyl (C=O) groups is 1. The largest absolute Gasteiger partial charge is 0.374 e. The van der Waals surface area contributed by atoms with Gasteiger partial charge in [0.1, 0.15) is 10.7 Å². The van der Waals surface area contributed by atoms with Gasteiger partial charge < -0.3 is 10.6 Å². The van der Waals surface area contributed by atoms with Gasteiger partial charge in [0.25, 0.3) is 0 Å². The predicted molar refractivity (Wildman–Crippen MR) is 76.1 cm³/mol. The fourth-order valence-corrected chi connectivity index (χ4v) is 3.14. The van der Waals surface area contributed by atoms with Gasteiger partial charge >= 0.3 is 0 Å². The maximum atomic E-state index is 11.9. The Hall–Kier alpha value is -1.21. The number of hydrogen-bond donors (Lipinski definition) is 2. The van der Waals surface area contributed by atoms with Gasteiger partial charge in [-0.25, -0.2) is 0 Å². The summed E-state index contributed by atoms with van der Waals surface area (Å²) >= 11 is 1.39. The fourth-order valence-electron chi connectivity index (χ4n) is 2.50. The van der Waals surface area contributed by atoms with Crippen molar-refractivity contribution in [2.45, 2.75) is 26.8 Å². The van der Waals surface area contributed by atoms with Gasteiger partial charge in [0.15, 0.2) is 0 Å². The molecule has 2 heterocycles. The van der Waals surface area contributed by atoms with Crippen LogP contribution in [0.1, 0.15) is 26.0 Å². The topological polar surface area (TPSA) is 70.2 Å². The second kappa shape index (κ2) is 5.83. The molecule has 7 heteroatoms. The van der Waals surface area contributed by atoms with Crippen LogP contribution in [0.15, 0.2) is 0 Å². The van der Waals surface area contributed by atoms with Crippen molar-refractivity contribution < 1.29 is 4.79 Å². The lowest BCUT2D eigenvalue weighted by molar-refractivity contribution is -0.129. The molecule has 1 amide bonds. The van der Waals surface area contributed by atoms with Crippen molar-refractivity contribution in [2.75, 3.05) is 32.0 Å². The van der Waals surface area contributed by atoms with Gasteiger partial charge in [-0.05, 0) is 26.8 Å². The summed E-state index contributed by atoms with van der Waals surface area (Å²) in [6, 6.07) is 0. The minimum absolute atomic E-state index is 0.123. The molecule has 0 aliphatic carbocycles. The first-order valence-corrected chi connectivity index (χ1v) is 7.36. The Bertz CT molecular complexity index is 449. The summed E-state index contributed by atoms with van der Waals surface area (Å²) in [4.78, 5) is 14.1. The van der Waals surface area contributed by atoms with E-state index in [0.717, 1.165) is 43.3 Å². The van der Waals surface area contributed by atoms with E-state index >= 15 is 0 Å². The number of carbonyl (C=O) groups excluding carboxylic acids is 1. The fraction of sp³-hybridized carbons (Fsp3) is 0.750. The highest BCUT2D eigenvalue weighted by molar-refractivity contribution is 7.10. The number of hydrogen-bond acceptors (Lipinski definition) is 6. The second-order valence-electron chi connectivity index (χ2n) is 5.18. The van der Waals surface area contributed by atoms with Crippen LogP contribution in [0, 0.1) is 5.41 Å². The van der Waals surface area contributed by atoms with E-state index in [1.54, 1.807) is 7.05 Å². The Kier molecular flexibility index (Phi) is 4.36. The highest BCUT2D eigenvalue weighted by atomic mass is 32.1. The minimum Gasteiger partial charge on any atom is -0.374 e. The first-order chi connectivity index (χ1) is 9.09. The second-order valence-corrected chi connectivity index (χ2v) is 5.93. The van der Waals surface area contributed by atoms with Crippen molar-refractivity contribution in [1.82, 2.24) is 19.8 Å². The third kappa shape index (κ3) is 3.03. The molecule has 1 aromatic heterocycles. The maximum Gasteiger partial charge on any atom is 0.227 e. The van der Waals surface area contributed by atoms with E-state index in [9.17, 15) is 4.79 Å². The number of nitrogens with zero attached hydrogens (tertiary/aromatic N) is 3. The van der Waals surface area contributed by atoms with Crippen LogP contribution in [-0.2, 0) is 11.3 Å². The Morgan fingerprint density at radius 2 is 2.37 bits per heavy atom. The summed E-state index contributed by atoms with van der Waals surface area (Å²) < 4.78 is 3.99. The first kappa shape index (κ1) is 14.2. The number of aromatic nitrogens is 2. The van der Waals surface area contributed by atoms with Gasteiger partial charge in [-0.2, -0.15) is 0 Å². The van der Waals surface area contributed by atoms with Crippen LogP contribution in [0.5, 0.6) is 0 Å². The van der Waals surface area contributed by atoms with Gasteiger partial charge in [0, 0.05) is 38.2 Å². The minimum atomic E-state index is -0.281. The standard InChI is InChI=1S/C12H21N5OS/c1-4-14-10-9(15-16-19-10)7-17-6-5-12(2,8-17)11(18)13-3/h14H,4-8H2,1-3H3,(H,13,18). The number of nitrogens with one attached hydrogen (secondary N) is 2. The third-order valence-electron chi connectivity index (χ3n) is 3.59. The molecule has 2 rings (SSSR count). The first-order valence-electron chi connectivity index (χ1n) is 6.58. The van der Waals surface area contributed by atoms with Crippen molar-refractivity contribution in [3.05, 3.63) is 5.69 Å². The van der Waals surface area contributed by atoms with E-state index in [2.05, 4.69) is 32.0 Å². The van der Waals surface area contributed by atoms with Crippen LogP contribution in [-0.4, -0.2) is 47.1 Å². The summed E-state index contributed by atoms with van der Waals surface area (Å²) in [6.07, 6.45) is 0.890. The summed E-state index contributed by atoms with van der Waals surface area (Å²) in [5.74, 6) is 0.123. The van der Waals surface area contributed by atoms with Gasteiger partial charge in [0.05, 0.1) is 5.41 Å². The zero-order chi connectivity index (χ0) is 13.9. The zero-order valence-corrected chi connectivity index (χ0v) is 12.5. The van der Waals surface area contributed by atoms with E-state index in [4.69, 9.17) is 0 Å². The molecule has 0 aromatic carbocycles. The van der Waals surface area contributed by atoms with Crippen molar-refractivity contribution in [3.63, 3.8) is 0 Å². The van der Waals surface area contributed by atoms with Gasteiger partial charge in [-0.3, -0.25) is 9.69 Å². The predicted octanol–water partition coefficient (Wildman–Crippen LogP) is 0.928. The molecular weight excluding hydrogens is 262 g/mol. The molecular formula is C12H21N5OS. The van der Waals surface area contributed by atoms with Crippen molar-refractivity contribution in [1.29, 1.82) is 0 Å². The Labute approximate surface area is 117 Å². The van der Waals surface area contributed by atoms with Crippen molar-refractivity contribution in [3.8, 4) is 0 Å². The number of amides is 1. The summed E-state index contributed by atoms with van der Waals surface area (Å²) in [5.41, 5.74) is 0.698. The van der Waals surface area contributed by atoms with E-state index in [0.29, 0.717) is 0 Å². The van der Waals surface area contributed by atoms with Gasteiger partial charge in [0.2, 0.25) is 5.91 Å². The monoisotopic (exact) mass is 283 g/mol. The summed E-state index contributed by atoms with van der Waals surface area (Å²) in [7, 11) is 1.70. The molecule has 1 unspecified atom stereocenters. The molecule has 19 heavy (non-hydrogen) atoms. The Morgan fingerprint density at radius 3 is 3.05 bits per heavy atom. The molecule has 1 atom stereocenters. The molecule has 0 saturated carbocycles. The third-order valence-corrected chi connectivity index (χ3v) is 4.32. The van der Waals surface area contributed by atoms with Gasteiger partial charge in [-0.1, -0.05) is 4.49 Å². The maximum absolute atomic E-state index is 11.9. The Balaban J connectivity index is 1.98. The van der Waals surface area contributed by atoms with Crippen LogP contribution in [0.4, 0.5) is 5.00 Å². The molecule has 0 spiro atoms. The number of rotatable bonds is 5. The lowest BCUT2D eigenvalue weighted by Gasteiger charge is -2.22. The normalized spacial score (nSPS) is 23.5. The van der Waals surface area contributed by atoms with Crippen molar-refractivity contribution >= 4 is 22.4 Å². The number of anilines is 1. The quantitative estimate of drug-likeness (QED) is 0.841. The molecule has 6 nitrogen and oxygen atoms in total. The molecule has 1 aliphatic heterocycles. The van der Waals surface area contributed by atoms with Crippen LogP contribution in [0.2, 0.25) is 0 Å². The average Bonchev–Trinajstić information content (AvgIpc) is 2.98. The van der Waals surface area contributed by atoms with E-state index in [1.807, 2.05) is 6.92 Å². The molecule has 1 aromatic rings. The smallest absolute Gasteiger partial charge is 0.227 e. The molecule has 0 radical (unpaired) electrons. The highest BCUT2D eigenvalue weighted by Crippen LogP contribution is 2.31. The lowest BCUT2D eigenvalue weighted by atomic mass is 9.89.